The minimum absolute atomic E-state index is 0.209. The third-order valence-electron chi connectivity index (χ3n) is 4.22. The summed E-state index contributed by atoms with van der Waals surface area (Å²) in [5, 5.41) is 8.92. The van der Waals surface area contributed by atoms with Crippen LogP contribution in [0.2, 0.25) is 0 Å². The third-order valence-corrected chi connectivity index (χ3v) is 5.95. The van der Waals surface area contributed by atoms with Crippen molar-refractivity contribution in [2.75, 3.05) is 5.75 Å². The molecule has 92 valence electrons. The Bertz CT molecular complexity index is 265. The molecule has 0 radical (unpaired) electrons. The Kier molecular flexibility index (Phi) is 3.83. The van der Waals surface area contributed by atoms with Crippen molar-refractivity contribution in [3.8, 4) is 0 Å². The van der Waals surface area contributed by atoms with Crippen LogP contribution in [0.4, 0.5) is 0 Å². The topological polar surface area (TPSA) is 37.3 Å². The van der Waals surface area contributed by atoms with E-state index < -0.39 is 5.97 Å². The van der Waals surface area contributed by atoms with Crippen LogP contribution >= 0.6 is 11.8 Å². The van der Waals surface area contributed by atoms with Crippen LogP contribution in [-0.2, 0) is 4.79 Å². The number of aliphatic carboxylic acids is 1. The van der Waals surface area contributed by atoms with Gasteiger partial charge in [-0.15, -0.1) is 11.8 Å². The fourth-order valence-electron chi connectivity index (χ4n) is 3.36. The Labute approximate surface area is 102 Å². The molecule has 2 saturated carbocycles. The first kappa shape index (κ1) is 12.3. The van der Waals surface area contributed by atoms with Crippen molar-refractivity contribution >= 4 is 17.7 Å². The van der Waals surface area contributed by atoms with Crippen LogP contribution in [0, 0.1) is 23.7 Å². The van der Waals surface area contributed by atoms with E-state index in [1.807, 2.05) is 13.8 Å². The molecule has 4 unspecified atom stereocenters. The van der Waals surface area contributed by atoms with E-state index in [-0.39, 0.29) is 11.2 Å². The van der Waals surface area contributed by atoms with Gasteiger partial charge in [0.1, 0.15) is 5.25 Å². The fraction of sp³-hybridized carbons (Fsp3) is 0.923. The molecule has 1 N–H and O–H groups in total. The summed E-state index contributed by atoms with van der Waals surface area (Å²) in [6.45, 7) is 4.01. The molecule has 3 heteroatoms. The number of fused-ring (bicyclic) bond motifs is 2. The number of carboxylic acids is 1. The monoisotopic (exact) mass is 242 g/mol. The molecule has 0 spiro atoms. The normalized spacial score (nSPS) is 34.6. The Hall–Kier alpha value is -0.180. The predicted molar refractivity (Wildman–Crippen MR) is 67.7 cm³/mol. The van der Waals surface area contributed by atoms with Crippen LogP contribution < -0.4 is 0 Å². The maximum Gasteiger partial charge on any atom is 0.316 e. The molecule has 0 heterocycles. The summed E-state index contributed by atoms with van der Waals surface area (Å²) < 4.78 is 0. The highest BCUT2D eigenvalue weighted by molar-refractivity contribution is 8.00. The maximum absolute atomic E-state index is 11.1. The maximum atomic E-state index is 11.1. The van der Waals surface area contributed by atoms with Gasteiger partial charge in [0.05, 0.1) is 0 Å². The van der Waals surface area contributed by atoms with Crippen LogP contribution in [0.15, 0.2) is 0 Å². The second-order valence-electron chi connectivity index (χ2n) is 5.77. The lowest BCUT2D eigenvalue weighted by Crippen LogP contribution is -2.25. The predicted octanol–water partition coefficient (Wildman–Crippen LogP) is 3.27. The van der Waals surface area contributed by atoms with Crippen molar-refractivity contribution in [2.45, 2.75) is 44.8 Å². The van der Waals surface area contributed by atoms with Crippen LogP contribution in [0.25, 0.3) is 0 Å². The van der Waals surface area contributed by atoms with Crippen molar-refractivity contribution in [2.24, 2.45) is 23.7 Å². The highest BCUT2D eigenvalue weighted by Crippen LogP contribution is 2.49. The van der Waals surface area contributed by atoms with Crippen molar-refractivity contribution < 1.29 is 9.90 Å². The Morgan fingerprint density at radius 3 is 2.56 bits per heavy atom. The zero-order valence-corrected chi connectivity index (χ0v) is 11.0. The SMILES string of the molecule is CC(C)C(SCC1CC2CCC1C2)C(=O)O. The fourth-order valence-corrected chi connectivity index (χ4v) is 4.75. The smallest absolute Gasteiger partial charge is 0.316 e. The summed E-state index contributed by atoms with van der Waals surface area (Å²) in [6, 6.07) is 0. The van der Waals surface area contributed by atoms with Crippen molar-refractivity contribution in [3.05, 3.63) is 0 Å². The minimum atomic E-state index is -0.636. The zero-order chi connectivity index (χ0) is 11.7. The van der Waals surface area contributed by atoms with Gasteiger partial charge in [0, 0.05) is 0 Å². The Morgan fingerprint density at radius 2 is 2.12 bits per heavy atom. The highest BCUT2D eigenvalue weighted by atomic mass is 32.2. The molecule has 2 aliphatic carbocycles. The Morgan fingerprint density at radius 1 is 1.38 bits per heavy atom. The van der Waals surface area contributed by atoms with Crippen molar-refractivity contribution in [3.63, 3.8) is 0 Å². The average Bonchev–Trinajstić information content (AvgIpc) is 2.77. The first-order chi connectivity index (χ1) is 7.58. The highest BCUT2D eigenvalue weighted by Gasteiger charge is 2.39. The lowest BCUT2D eigenvalue weighted by Gasteiger charge is -2.24. The Balaban J connectivity index is 1.80. The van der Waals surface area contributed by atoms with E-state index in [0.717, 1.165) is 23.5 Å². The van der Waals surface area contributed by atoms with Gasteiger partial charge in [-0.05, 0) is 48.7 Å². The van der Waals surface area contributed by atoms with Crippen molar-refractivity contribution in [1.82, 2.24) is 0 Å². The van der Waals surface area contributed by atoms with Crippen LogP contribution in [-0.4, -0.2) is 22.1 Å². The molecule has 2 aliphatic rings. The van der Waals surface area contributed by atoms with Gasteiger partial charge in [0.15, 0.2) is 0 Å². The average molecular weight is 242 g/mol. The van der Waals surface area contributed by atoms with E-state index in [2.05, 4.69) is 0 Å². The summed E-state index contributed by atoms with van der Waals surface area (Å²) in [6.07, 6.45) is 5.61. The number of carboxylic acid groups (broad SMARTS) is 1. The summed E-state index contributed by atoms with van der Waals surface area (Å²) in [7, 11) is 0. The molecular weight excluding hydrogens is 220 g/mol. The molecule has 0 aliphatic heterocycles. The first-order valence-corrected chi connectivity index (χ1v) is 7.47. The van der Waals surface area contributed by atoms with Gasteiger partial charge in [0.2, 0.25) is 0 Å². The molecule has 2 bridgehead atoms. The molecule has 2 rings (SSSR count). The quantitative estimate of drug-likeness (QED) is 0.804. The molecule has 0 aromatic rings. The van der Waals surface area contributed by atoms with Crippen LogP contribution in [0.5, 0.6) is 0 Å². The van der Waals surface area contributed by atoms with Gasteiger partial charge in [0.25, 0.3) is 0 Å². The summed E-state index contributed by atoms with van der Waals surface area (Å²) in [5.41, 5.74) is 0. The van der Waals surface area contributed by atoms with Gasteiger partial charge in [-0.25, -0.2) is 0 Å². The molecule has 0 aromatic carbocycles. The molecule has 4 atom stereocenters. The van der Waals surface area contributed by atoms with Gasteiger partial charge in [-0.3, -0.25) is 4.79 Å². The molecule has 0 saturated heterocycles. The minimum Gasteiger partial charge on any atom is -0.480 e. The largest absolute Gasteiger partial charge is 0.480 e. The number of carbonyl (C=O) groups is 1. The van der Waals surface area contributed by atoms with E-state index in [4.69, 9.17) is 5.11 Å². The van der Waals surface area contributed by atoms with Crippen LogP contribution in [0.3, 0.4) is 0 Å². The molecule has 0 amide bonds. The number of hydrogen-bond donors (Lipinski definition) is 1. The van der Waals surface area contributed by atoms with E-state index in [1.165, 1.54) is 25.7 Å². The molecular formula is C13H22O2S. The molecule has 16 heavy (non-hydrogen) atoms. The molecule has 2 fully saturated rings. The zero-order valence-electron chi connectivity index (χ0n) is 10.2. The molecule has 2 nitrogen and oxygen atoms in total. The standard InChI is InChI=1S/C13H22O2S/c1-8(2)12(13(14)15)16-7-11-6-9-3-4-10(11)5-9/h8-12H,3-7H2,1-2H3,(H,14,15). The summed E-state index contributed by atoms with van der Waals surface area (Å²) >= 11 is 1.68. The summed E-state index contributed by atoms with van der Waals surface area (Å²) in [4.78, 5) is 11.1. The van der Waals surface area contributed by atoms with Gasteiger partial charge in [-0.2, -0.15) is 0 Å². The lowest BCUT2D eigenvalue weighted by molar-refractivity contribution is -0.137. The second kappa shape index (κ2) is 4.99. The van der Waals surface area contributed by atoms with Crippen LogP contribution in [0.1, 0.15) is 39.5 Å². The summed E-state index contributed by atoms with van der Waals surface area (Å²) in [5.74, 6) is 3.36. The van der Waals surface area contributed by atoms with E-state index in [0.29, 0.717) is 0 Å². The van der Waals surface area contributed by atoms with Crippen molar-refractivity contribution in [1.29, 1.82) is 0 Å². The van der Waals surface area contributed by atoms with E-state index >= 15 is 0 Å². The lowest BCUT2D eigenvalue weighted by atomic mass is 9.90. The second-order valence-corrected chi connectivity index (χ2v) is 6.95. The van der Waals surface area contributed by atoms with E-state index in [9.17, 15) is 4.79 Å². The van der Waals surface area contributed by atoms with Gasteiger partial charge in [-0.1, -0.05) is 20.3 Å². The number of hydrogen-bond acceptors (Lipinski definition) is 2. The van der Waals surface area contributed by atoms with Gasteiger partial charge >= 0.3 is 5.97 Å². The first-order valence-electron chi connectivity index (χ1n) is 6.42. The van der Waals surface area contributed by atoms with E-state index in [1.54, 1.807) is 11.8 Å². The molecule has 0 aromatic heterocycles. The number of rotatable bonds is 5. The van der Waals surface area contributed by atoms with Gasteiger partial charge < -0.3 is 5.11 Å². The third kappa shape index (κ3) is 2.55. The number of thioether (sulfide) groups is 1.